The Labute approximate surface area is 403 Å². The number of fused-ring (bicyclic) bond motifs is 10. The molecule has 2 heterocycles. The summed E-state index contributed by atoms with van der Waals surface area (Å²) in [5, 5.41) is 0. The van der Waals surface area contributed by atoms with E-state index in [-0.39, 0.29) is 44.6 Å². The van der Waals surface area contributed by atoms with E-state index in [2.05, 4.69) is 211 Å². The summed E-state index contributed by atoms with van der Waals surface area (Å²) in [4.78, 5) is 5.49. The summed E-state index contributed by atoms with van der Waals surface area (Å²) >= 11 is 0. The molecule has 0 saturated carbocycles. The van der Waals surface area contributed by atoms with Crippen molar-refractivity contribution in [3.05, 3.63) is 147 Å². The molecule has 3 heteroatoms. The van der Waals surface area contributed by atoms with Crippen molar-refractivity contribution in [1.29, 1.82) is 0 Å². The van der Waals surface area contributed by atoms with Crippen LogP contribution in [0.1, 0.15) is 186 Å². The smallest absolute Gasteiger partial charge is 0.252 e. The largest absolute Gasteiger partial charge is 0.311 e. The summed E-state index contributed by atoms with van der Waals surface area (Å²) in [6.07, 6.45) is 7.15. The molecule has 6 aromatic rings. The summed E-state index contributed by atoms with van der Waals surface area (Å²) in [7, 11) is 0. The van der Waals surface area contributed by atoms with Gasteiger partial charge in [0.1, 0.15) is 0 Å². The van der Waals surface area contributed by atoms with Crippen molar-refractivity contribution in [3.8, 4) is 11.1 Å². The maximum absolute atomic E-state index is 2.76. The van der Waals surface area contributed by atoms with Crippen LogP contribution in [0.4, 0.5) is 34.1 Å². The van der Waals surface area contributed by atoms with E-state index in [0.29, 0.717) is 0 Å². The van der Waals surface area contributed by atoms with Gasteiger partial charge in [-0.1, -0.05) is 152 Å². The molecular formula is C64H73BN2. The molecule has 0 fully saturated rings. The van der Waals surface area contributed by atoms with Crippen molar-refractivity contribution in [2.75, 3.05) is 9.80 Å². The van der Waals surface area contributed by atoms with Crippen LogP contribution in [0, 0.1) is 6.92 Å². The minimum Gasteiger partial charge on any atom is -0.311 e. The SMILES string of the molecule is Cc1cc2c3c(c1)N(c1cccc4c1C(C)(C)c1ccccc1-4)c1cc4c(cc1B3c1cc3c(cc1N2c1ccc2c(c1)C(C)(C)CCC2(C)C)C(C)(C)CCC3(C)C)C(C)(C)CCC4(C)C. The standard InChI is InChI=1S/C64H73BN2/c1-38-31-54-57-55(32-38)67(51-22-18-20-41-40-19-16-17-21-42(40)64(14,15)56(41)51)53-37-48-46(61(8,9)28-30-63(48,12)13)35-50(53)65(57)49-34-45-47(62(10,11)29-27-60(45,6)7)36-52(49)66(54)39-23-24-43-44(33-39)59(4,5)26-25-58(43,2)3/h16-24,31-37H,25-30H2,1-15H3. The van der Waals surface area contributed by atoms with Gasteiger partial charge in [0.2, 0.25) is 0 Å². The normalized spacial score (nSPS) is 21.7. The van der Waals surface area contributed by atoms with Gasteiger partial charge in [-0.05, 0) is 198 Å². The molecule has 0 bridgehead atoms. The summed E-state index contributed by atoms with van der Waals surface area (Å²) in [6, 6.07) is 39.9. The van der Waals surface area contributed by atoms with Gasteiger partial charge in [0.05, 0.1) is 5.69 Å². The molecule has 0 radical (unpaired) electrons. The molecule has 342 valence electrons. The minimum atomic E-state index is -0.182. The molecule has 2 nitrogen and oxygen atoms in total. The van der Waals surface area contributed by atoms with Crippen LogP contribution in [0.2, 0.25) is 0 Å². The lowest BCUT2D eigenvalue weighted by Crippen LogP contribution is -2.62. The molecule has 0 saturated heterocycles. The molecule has 0 aromatic heterocycles. The van der Waals surface area contributed by atoms with Crippen LogP contribution in [0.3, 0.4) is 0 Å². The van der Waals surface area contributed by atoms with E-state index >= 15 is 0 Å². The first-order valence-electron chi connectivity index (χ1n) is 25.9. The predicted octanol–water partition coefficient (Wildman–Crippen LogP) is 15.4. The molecule has 0 atom stereocenters. The van der Waals surface area contributed by atoms with Crippen LogP contribution in [-0.4, -0.2) is 6.71 Å². The zero-order chi connectivity index (χ0) is 47.3. The highest BCUT2D eigenvalue weighted by molar-refractivity contribution is 7.00. The number of nitrogens with zero attached hydrogens (tertiary/aromatic N) is 2. The molecule has 0 unspecified atom stereocenters. The minimum absolute atomic E-state index is 0.0580. The number of hydrogen-bond acceptors (Lipinski definition) is 2. The van der Waals surface area contributed by atoms with Gasteiger partial charge in [-0.25, -0.2) is 0 Å². The van der Waals surface area contributed by atoms with Crippen molar-refractivity contribution in [2.45, 2.75) is 180 Å². The van der Waals surface area contributed by atoms with E-state index in [9.17, 15) is 0 Å². The average Bonchev–Trinajstić information content (AvgIpc) is 3.51. The topological polar surface area (TPSA) is 6.48 Å². The van der Waals surface area contributed by atoms with E-state index in [1.807, 2.05) is 0 Å². The quantitative estimate of drug-likeness (QED) is 0.160. The molecule has 0 spiro atoms. The number of rotatable bonds is 2. The number of benzene rings is 6. The molecule has 12 rings (SSSR count). The lowest BCUT2D eigenvalue weighted by molar-refractivity contribution is 0.332. The van der Waals surface area contributed by atoms with Gasteiger partial charge < -0.3 is 9.80 Å². The van der Waals surface area contributed by atoms with Crippen LogP contribution in [0.15, 0.2) is 97.1 Å². The Morgan fingerprint density at radius 1 is 0.373 bits per heavy atom. The third-order valence-corrected chi connectivity index (χ3v) is 19.0. The van der Waals surface area contributed by atoms with Gasteiger partial charge in [0.25, 0.3) is 6.71 Å². The fourth-order valence-electron chi connectivity index (χ4n) is 14.5. The molecule has 0 amide bonds. The van der Waals surface area contributed by atoms with E-state index in [1.165, 1.54) is 150 Å². The van der Waals surface area contributed by atoms with E-state index in [0.717, 1.165) is 0 Å². The Bertz CT molecular complexity index is 3150. The summed E-state index contributed by atoms with van der Waals surface area (Å²) < 4.78 is 0. The first kappa shape index (κ1) is 43.3. The number of aryl methyl sites for hydroxylation is 1. The highest BCUT2D eigenvalue weighted by atomic mass is 15.2. The van der Waals surface area contributed by atoms with Crippen LogP contribution < -0.4 is 26.2 Å². The van der Waals surface area contributed by atoms with E-state index in [4.69, 9.17) is 0 Å². The van der Waals surface area contributed by atoms with Gasteiger partial charge in [0.15, 0.2) is 0 Å². The lowest BCUT2D eigenvalue weighted by atomic mass is 9.32. The van der Waals surface area contributed by atoms with E-state index in [1.54, 1.807) is 0 Å². The van der Waals surface area contributed by atoms with Gasteiger partial charge in [0, 0.05) is 33.9 Å². The van der Waals surface area contributed by atoms with Crippen molar-refractivity contribution in [2.24, 2.45) is 0 Å². The Balaban J connectivity index is 1.23. The second-order valence-corrected chi connectivity index (χ2v) is 26.6. The molecular weight excluding hydrogens is 808 g/mol. The first-order valence-corrected chi connectivity index (χ1v) is 25.9. The van der Waals surface area contributed by atoms with Gasteiger partial charge in [-0.3, -0.25) is 0 Å². The second-order valence-electron chi connectivity index (χ2n) is 26.6. The number of anilines is 6. The van der Waals surface area contributed by atoms with Crippen molar-refractivity contribution >= 4 is 57.2 Å². The van der Waals surface area contributed by atoms with Gasteiger partial charge in [-0.2, -0.15) is 0 Å². The molecule has 67 heavy (non-hydrogen) atoms. The highest BCUT2D eigenvalue weighted by Crippen LogP contribution is 2.58. The predicted molar refractivity (Wildman–Crippen MR) is 289 cm³/mol. The third kappa shape index (κ3) is 5.88. The molecule has 4 aliphatic carbocycles. The summed E-state index contributed by atoms with van der Waals surface area (Å²) in [5.41, 5.74) is 28.6. The average molecular weight is 881 g/mol. The Kier molecular flexibility index (Phi) is 8.65. The van der Waals surface area contributed by atoms with Crippen molar-refractivity contribution in [1.82, 2.24) is 0 Å². The zero-order valence-corrected chi connectivity index (χ0v) is 43.5. The fourth-order valence-corrected chi connectivity index (χ4v) is 14.5. The zero-order valence-electron chi connectivity index (χ0n) is 43.5. The molecule has 6 aromatic carbocycles. The first-order chi connectivity index (χ1) is 31.3. The fraction of sp³-hybridized carbons (Fsp3) is 0.438. The maximum atomic E-state index is 2.76. The Hall–Kier alpha value is -5.02. The Morgan fingerprint density at radius 2 is 0.821 bits per heavy atom. The highest BCUT2D eigenvalue weighted by Gasteiger charge is 2.50. The van der Waals surface area contributed by atoms with E-state index < -0.39 is 0 Å². The van der Waals surface area contributed by atoms with Crippen LogP contribution in [0.5, 0.6) is 0 Å². The maximum Gasteiger partial charge on any atom is 0.252 e. The second kappa shape index (κ2) is 13.4. The molecule has 6 aliphatic rings. The van der Waals surface area contributed by atoms with Crippen LogP contribution in [-0.2, 0) is 37.9 Å². The van der Waals surface area contributed by atoms with Crippen molar-refractivity contribution < 1.29 is 0 Å². The van der Waals surface area contributed by atoms with Crippen LogP contribution >= 0.6 is 0 Å². The van der Waals surface area contributed by atoms with Crippen molar-refractivity contribution in [3.63, 3.8) is 0 Å². The summed E-state index contributed by atoms with van der Waals surface area (Å²) in [6.45, 7) is 37.3. The third-order valence-electron chi connectivity index (χ3n) is 19.0. The summed E-state index contributed by atoms with van der Waals surface area (Å²) in [5.74, 6) is 0. The molecule has 0 N–H and O–H groups in total. The lowest BCUT2D eigenvalue weighted by Gasteiger charge is -2.49. The molecule has 2 aliphatic heterocycles. The van der Waals surface area contributed by atoms with Gasteiger partial charge in [-0.15, -0.1) is 0 Å². The van der Waals surface area contributed by atoms with Crippen LogP contribution in [0.25, 0.3) is 11.1 Å². The Morgan fingerprint density at radius 3 is 1.37 bits per heavy atom. The monoisotopic (exact) mass is 881 g/mol. The number of hydrogen-bond donors (Lipinski definition) is 0. The van der Waals surface area contributed by atoms with Gasteiger partial charge >= 0.3 is 0 Å².